The average Bonchev–Trinajstić information content (AvgIpc) is 2.33. The Labute approximate surface area is 102 Å². The Kier molecular flexibility index (Phi) is 3.48. The Balaban J connectivity index is 1.99. The van der Waals surface area contributed by atoms with Gasteiger partial charge >= 0.3 is 0 Å². The molecule has 1 fully saturated rings. The molecule has 0 heterocycles. The lowest BCUT2D eigenvalue weighted by Crippen LogP contribution is -2.55. The summed E-state index contributed by atoms with van der Waals surface area (Å²) >= 11 is 0. The zero-order valence-electron chi connectivity index (χ0n) is 10.3. The van der Waals surface area contributed by atoms with Gasteiger partial charge in [0.25, 0.3) is 5.91 Å². The molecule has 1 aliphatic carbocycles. The maximum Gasteiger partial charge on any atom is 0.251 e. The maximum atomic E-state index is 12.0. The highest BCUT2D eigenvalue weighted by molar-refractivity contribution is 5.95. The summed E-state index contributed by atoms with van der Waals surface area (Å²) in [7, 11) is 0. The van der Waals surface area contributed by atoms with E-state index >= 15 is 0 Å². The van der Waals surface area contributed by atoms with E-state index in [0.717, 1.165) is 30.4 Å². The number of hydrogen-bond acceptors (Lipinski definition) is 2. The quantitative estimate of drug-likeness (QED) is 0.832. The third kappa shape index (κ3) is 2.67. The van der Waals surface area contributed by atoms with E-state index in [1.54, 1.807) is 0 Å². The van der Waals surface area contributed by atoms with Gasteiger partial charge in [-0.05, 0) is 37.3 Å². The first-order chi connectivity index (χ1) is 8.14. The number of nitrogens with one attached hydrogen (secondary N) is 1. The van der Waals surface area contributed by atoms with Gasteiger partial charge in [0.05, 0.1) is 0 Å². The van der Waals surface area contributed by atoms with Crippen molar-refractivity contribution in [2.45, 2.75) is 38.1 Å². The number of aryl methyl sites for hydroxylation is 1. The minimum atomic E-state index is -0.156. The first-order valence-electron chi connectivity index (χ1n) is 6.30. The zero-order chi connectivity index (χ0) is 12.3. The van der Waals surface area contributed by atoms with Gasteiger partial charge in [0.2, 0.25) is 0 Å². The summed E-state index contributed by atoms with van der Waals surface area (Å²) in [6.07, 6.45) is 4.08. The van der Waals surface area contributed by atoms with Gasteiger partial charge in [-0.3, -0.25) is 4.79 Å². The second-order valence-corrected chi connectivity index (χ2v) is 4.91. The molecular weight excluding hydrogens is 212 g/mol. The predicted octanol–water partition coefficient (Wildman–Crippen LogP) is 1.86. The van der Waals surface area contributed by atoms with Crippen molar-refractivity contribution in [1.29, 1.82) is 0 Å². The van der Waals surface area contributed by atoms with Crippen molar-refractivity contribution in [3.8, 4) is 0 Å². The van der Waals surface area contributed by atoms with Crippen LogP contribution in [0.3, 0.4) is 0 Å². The normalized spacial score (nSPS) is 17.3. The maximum absolute atomic E-state index is 12.0. The molecule has 1 aliphatic rings. The van der Waals surface area contributed by atoms with E-state index in [0.29, 0.717) is 6.54 Å². The summed E-state index contributed by atoms with van der Waals surface area (Å²) in [6, 6.07) is 7.73. The first kappa shape index (κ1) is 12.1. The number of rotatable bonds is 4. The second kappa shape index (κ2) is 4.88. The van der Waals surface area contributed by atoms with Crippen LogP contribution in [0.15, 0.2) is 24.3 Å². The SMILES string of the molecule is CCc1ccccc1C(=O)NCC1(N)CCC1. The summed E-state index contributed by atoms with van der Waals surface area (Å²) < 4.78 is 0. The van der Waals surface area contributed by atoms with Crippen molar-refractivity contribution in [3.05, 3.63) is 35.4 Å². The van der Waals surface area contributed by atoms with Crippen molar-refractivity contribution < 1.29 is 4.79 Å². The number of nitrogens with two attached hydrogens (primary N) is 1. The minimum Gasteiger partial charge on any atom is -0.350 e. The molecule has 0 spiro atoms. The molecule has 17 heavy (non-hydrogen) atoms. The van der Waals surface area contributed by atoms with Crippen LogP contribution in [0.2, 0.25) is 0 Å². The summed E-state index contributed by atoms with van der Waals surface area (Å²) in [5, 5.41) is 2.95. The topological polar surface area (TPSA) is 55.1 Å². The number of carbonyl (C=O) groups is 1. The van der Waals surface area contributed by atoms with Crippen LogP contribution < -0.4 is 11.1 Å². The molecule has 0 unspecified atom stereocenters. The van der Waals surface area contributed by atoms with E-state index in [-0.39, 0.29) is 11.4 Å². The fourth-order valence-corrected chi connectivity index (χ4v) is 2.21. The smallest absolute Gasteiger partial charge is 0.251 e. The fraction of sp³-hybridized carbons (Fsp3) is 0.500. The van der Waals surface area contributed by atoms with E-state index in [1.165, 1.54) is 6.42 Å². The summed E-state index contributed by atoms with van der Waals surface area (Å²) in [5.74, 6) is -0.000764. The Bertz CT molecular complexity index is 410. The molecule has 1 saturated carbocycles. The third-order valence-electron chi connectivity index (χ3n) is 3.59. The van der Waals surface area contributed by atoms with Crippen LogP contribution in [0.25, 0.3) is 0 Å². The van der Waals surface area contributed by atoms with Gasteiger partial charge in [0, 0.05) is 17.6 Å². The lowest BCUT2D eigenvalue weighted by atomic mass is 9.78. The first-order valence-corrected chi connectivity index (χ1v) is 6.30. The van der Waals surface area contributed by atoms with Crippen molar-refractivity contribution in [3.63, 3.8) is 0 Å². The number of benzene rings is 1. The van der Waals surface area contributed by atoms with Crippen LogP contribution in [-0.4, -0.2) is 18.0 Å². The monoisotopic (exact) mass is 232 g/mol. The molecule has 1 aromatic carbocycles. The Morgan fingerprint density at radius 3 is 2.71 bits per heavy atom. The molecule has 1 amide bonds. The molecule has 92 valence electrons. The molecule has 2 rings (SSSR count). The number of amides is 1. The Hall–Kier alpha value is -1.35. The van der Waals surface area contributed by atoms with Crippen LogP contribution in [0.4, 0.5) is 0 Å². The number of carbonyl (C=O) groups excluding carboxylic acids is 1. The second-order valence-electron chi connectivity index (χ2n) is 4.91. The number of hydrogen-bond donors (Lipinski definition) is 2. The van der Waals surface area contributed by atoms with Crippen molar-refractivity contribution in [2.75, 3.05) is 6.54 Å². The van der Waals surface area contributed by atoms with E-state index in [1.807, 2.05) is 24.3 Å². The van der Waals surface area contributed by atoms with Gasteiger partial charge in [-0.25, -0.2) is 0 Å². The highest BCUT2D eigenvalue weighted by Crippen LogP contribution is 2.28. The predicted molar refractivity (Wildman–Crippen MR) is 68.9 cm³/mol. The highest BCUT2D eigenvalue weighted by atomic mass is 16.1. The van der Waals surface area contributed by atoms with Gasteiger partial charge in [-0.15, -0.1) is 0 Å². The standard InChI is InChI=1S/C14H20N2O/c1-2-11-6-3-4-7-12(11)13(17)16-10-14(15)8-5-9-14/h3-4,6-7H,2,5,8-10,15H2,1H3,(H,16,17). The van der Waals surface area contributed by atoms with E-state index in [9.17, 15) is 4.79 Å². The van der Waals surface area contributed by atoms with E-state index < -0.39 is 0 Å². The van der Waals surface area contributed by atoms with Gasteiger partial charge in [0.15, 0.2) is 0 Å². The van der Waals surface area contributed by atoms with Gasteiger partial charge in [-0.1, -0.05) is 25.1 Å². The van der Waals surface area contributed by atoms with E-state index in [4.69, 9.17) is 5.73 Å². The largest absolute Gasteiger partial charge is 0.350 e. The van der Waals surface area contributed by atoms with Crippen LogP contribution in [-0.2, 0) is 6.42 Å². The molecule has 0 saturated heterocycles. The molecule has 3 nitrogen and oxygen atoms in total. The average molecular weight is 232 g/mol. The van der Waals surface area contributed by atoms with Gasteiger partial charge < -0.3 is 11.1 Å². The van der Waals surface area contributed by atoms with Crippen LogP contribution >= 0.6 is 0 Å². The third-order valence-corrected chi connectivity index (χ3v) is 3.59. The molecule has 0 radical (unpaired) electrons. The summed E-state index contributed by atoms with van der Waals surface area (Å²) in [6.45, 7) is 2.65. The van der Waals surface area contributed by atoms with Crippen LogP contribution in [0.1, 0.15) is 42.1 Å². The summed E-state index contributed by atoms with van der Waals surface area (Å²) in [4.78, 5) is 12.0. The van der Waals surface area contributed by atoms with Crippen molar-refractivity contribution in [2.24, 2.45) is 5.73 Å². The molecule has 0 atom stereocenters. The lowest BCUT2D eigenvalue weighted by Gasteiger charge is -2.38. The van der Waals surface area contributed by atoms with Crippen molar-refractivity contribution in [1.82, 2.24) is 5.32 Å². The molecule has 0 bridgehead atoms. The highest BCUT2D eigenvalue weighted by Gasteiger charge is 2.32. The molecule has 0 aliphatic heterocycles. The summed E-state index contributed by atoms with van der Waals surface area (Å²) in [5.41, 5.74) is 7.79. The lowest BCUT2D eigenvalue weighted by molar-refractivity contribution is 0.0929. The molecular formula is C14H20N2O. The minimum absolute atomic E-state index is 0.000764. The molecule has 0 aromatic heterocycles. The van der Waals surface area contributed by atoms with E-state index in [2.05, 4.69) is 12.2 Å². The van der Waals surface area contributed by atoms with Crippen LogP contribution in [0.5, 0.6) is 0 Å². The van der Waals surface area contributed by atoms with Gasteiger partial charge in [0.1, 0.15) is 0 Å². The van der Waals surface area contributed by atoms with Gasteiger partial charge in [-0.2, -0.15) is 0 Å². The zero-order valence-corrected chi connectivity index (χ0v) is 10.3. The molecule has 3 N–H and O–H groups in total. The molecule has 3 heteroatoms. The van der Waals surface area contributed by atoms with Crippen LogP contribution in [0, 0.1) is 0 Å². The Morgan fingerprint density at radius 1 is 1.41 bits per heavy atom. The fourth-order valence-electron chi connectivity index (χ4n) is 2.21. The van der Waals surface area contributed by atoms with Crippen molar-refractivity contribution >= 4 is 5.91 Å². The Morgan fingerprint density at radius 2 is 2.12 bits per heavy atom. The molecule has 1 aromatic rings.